The van der Waals surface area contributed by atoms with E-state index >= 15 is 0 Å². The van der Waals surface area contributed by atoms with Crippen LogP contribution in [0.15, 0.2) is 12.3 Å². The molecule has 1 aliphatic rings. The Morgan fingerprint density at radius 2 is 2.17 bits per heavy atom. The largest absolute Gasteiger partial charge is 0.397 e. The molecule has 4 heteroatoms. The molecule has 100 valence electrons. The first-order chi connectivity index (χ1) is 8.65. The van der Waals surface area contributed by atoms with Gasteiger partial charge < -0.3 is 16.0 Å². The number of nitrogens with two attached hydrogens (primary N) is 1. The van der Waals surface area contributed by atoms with Gasteiger partial charge in [-0.25, -0.2) is 0 Å². The SMILES string of the molecule is CC1CCC(CCNC(=O)c2cc(N)c[nH]2)CC1. The Labute approximate surface area is 108 Å². The van der Waals surface area contributed by atoms with E-state index in [9.17, 15) is 4.79 Å². The number of rotatable bonds is 4. The van der Waals surface area contributed by atoms with Crippen LogP contribution in [-0.4, -0.2) is 17.4 Å². The van der Waals surface area contributed by atoms with E-state index in [1.54, 1.807) is 12.3 Å². The van der Waals surface area contributed by atoms with Crippen LogP contribution in [0.4, 0.5) is 5.69 Å². The van der Waals surface area contributed by atoms with E-state index in [0.29, 0.717) is 11.4 Å². The predicted octanol–water partition coefficient (Wildman–Crippen LogP) is 2.54. The Hall–Kier alpha value is -1.45. The minimum Gasteiger partial charge on any atom is -0.397 e. The van der Waals surface area contributed by atoms with Crippen LogP contribution in [0.3, 0.4) is 0 Å². The van der Waals surface area contributed by atoms with Crippen molar-refractivity contribution < 1.29 is 4.79 Å². The molecule has 0 saturated heterocycles. The van der Waals surface area contributed by atoms with Gasteiger partial charge in [0.2, 0.25) is 0 Å². The van der Waals surface area contributed by atoms with E-state index in [1.165, 1.54) is 25.7 Å². The smallest absolute Gasteiger partial charge is 0.267 e. The van der Waals surface area contributed by atoms with Crippen molar-refractivity contribution >= 4 is 11.6 Å². The fourth-order valence-corrected chi connectivity index (χ4v) is 2.65. The van der Waals surface area contributed by atoms with Gasteiger partial charge in [-0.1, -0.05) is 32.6 Å². The Bertz CT molecular complexity index is 391. The van der Waals surface area contributed by atoms with Gasteiger partial charge in [-0.15, -0.1) is 0 Å². The molecule has 2 rings (SSSR count). The van der Waals surface area contributed by atoms with Crippen LogP contribution in [0.2, 0.25) is 0 Å². The van der Waals surface area contributed by atoms with Crippen molar-refractivity contribution in [1.82, 2.24) is 10.3 Å². The number of hydrogen-bond acceptors (Lipinski definition) is 2. The minimum atomic E-state index is -0.0594. The summed E-state index contributed by atoms with van der Waals surface area (Å²) in [5, 5.41) is 2.95. The van der Waals surface area contributed by atoms with Crippen LogP contribution in [-0.2, 0) is 0 Å². The van der Waals surface area contributed by atoms with Gasteiger partial charge in [-0.2, -0.15) is 0 Å². The molecule has 1 amide bonds. The zero-order chi connectivity index (χ0) is 13.0. The Kier molecular flexibility index (Phi) is 4.28. The molecular weight excluding hydrogens is 226 g/mol. The van der Waals surface area contributed by atoms with Crippen molar-refractivity contribution in [3.8, 4) is 0 Å². The lowest BCUT2D eigenvalue weighted by atomic mass is 9.81. The molecule has 0 spiro atoms. The topological polar surface area (TPSA) is 70.9 Å². The number of H-pyrrole nitrogens is 1. The second-order valence-electron chi connectivity index (χ2n) is 5.52. The van der Waals surface area contributed by atoms with E-state index in [0.717, 1.165) is 24.8 Å². The van der Waals surface area contributed by atoms with Crippen LogP contribution in [0.5, 0.6) is 0 Å². The standard InChI is InChI=1S/C14H23N3O/c1-10-2-4-11(5-3-10)6-7-16-14(18)13-8-12(15)9-17-13/h8-11,17H,2-7,15H2,1H3,(H,16,18). The normalized spacial score (nSPS) is 23.8. The first kappa shape index (κ1) is 13.0. The number of aromatic amines is 1. The lowest BCUT2D eigenvalue weighted by Gasteiger charge is -2.26. The number of carbonyl (C=O) groups excluding carboxylic acids is 1. The monoisotopic (exact) mass is 249 g/mol. The predicted molar refractivity (Wildman–Crippen MR) is 73.3 cm³/mol. The average Bonchev–Trinajstić information content (AvgIpc) is 2.78. The second kappa shape index (κ2) is 5.94. The molecule has 1 aromatic heterocycles. The fourth-order valence-electron chi connectivity index (χ4n) is 2.65. The van der Waals surface area contributed by atoms with Crippen LogP contribution in [0.1, 0.15) is 49.5 Å². The Morgan fingerprint density at radius 3 is 2.78 bits per heavy atom. The van der Waals surface area contributed by atoms with E-state index in [-0.39, 0.29) is 5.91 Å². The second-order valence-corrected chi connectivity index (χ2v) is 5.52. The highest BCUT2D eigenvalue weighted by Gasteiger charge is 2.18. The summed E-state index contributed by atoms with van der Waals surface area (Å²) in [5.41, 5.74) is 6.71. The van der Waals surface area contributed by atoms with Gasteiger partial charge in [0.05, 0.1) is 0 Å². The lowest BCUT2D eigenvalue weighted by molar-refractivity contribution is 0.0945. The summed E-state index contributed by atoms with van der Waals surface area (Å²) < 4.78 is 0. The molecule has 18 heavy (non-hydrogen) atoms. The number of nitrogen functional groups attached to an aromatic ring is 1. The van der Waals surface area contributed by atoms with Crippen molar-refractivity contribution in [3.05, 3.63) is 18.0 Å². The molecule has 1 aromatic rings. The average molecular weight is 249 g/mol. The molecule has 0 radical (unpaired) electrons. The number of anilines is 1. The van der Waals surface area contributed by atoms with Gasteiger partial charge in [0.25, 0.3) is 5.91 Å². The molecule has 1 aliphatic carbocycles. The zero-order valence-corrected chi connectivity index (χ0v) is 11.0. The van der Waals surface area contributed by atoms with Crippen LogP contribution < -0.4 is 11.1 Å². The van der Waals surface area contributed by atoms with Crippen LogP contribution >= 0.6 is 0 Å². The zero-order valence-electron chi connectivity index (χ0n) is 11.0. The maximum Gasteiger partial charge on any atom is 0.267 e. The molecule has 1 saturated carbocycles. The third kappa shape index (κ3) is 3.52. The summed E-state index contributed by atoms with van der Waals surface area (Å²) in [6.45, 7) is 3.09. The van der Waals surface area contributed by atoms with Gasteiger partial charge in [-0.05, 0) is 24.3 Å². The summed E-state index contributed by atoms with van der Waals surface area (Å²) >= 11 is 0. The number of hydrogen-bond donors (Lipinski definition) is 3. The van der Waals surface area contributed by atoms with Crippen molar-refractivity contribution in [2.75, 3.05) is 12.3 Å². The summed E-state index contributed by atoms with van der Waals surface area (Å²) in [6, 6.07) is 1.66. The number of nitrogens with one attached hydrogen (secondary N) is 2. The van der Waals surface area contributed by atoms with E-state index in [2.05, 4.69) is 17.2 Å². The molecule has 0 aliphatic heterocycles. The number of amides is 1. The molecule has 4 N–H and O–H groups in total. The van der Waals surface area contributed by atoms with Crippen molar-refractivity contribution in [2.45, 2.75) is 39.0 Å². The van der Waals surface area contributed by atoms with Crippen molar-refractivity contribution in [1.29, 1.82) is 0 Å². The van der Waals surface area contributed by atoms with Gasteiger partial charge in [0.15, 0.2) is 0 Å². The van der Waals surface area contributed by atoms with E-state index < -0.39 is 0 Å². The summed E-state index contributed by atoms with van der Waals surface area (Å²) in [7, 11) is 0. The van der Waals surface area contributed by atoms with Crippen LogP contribution in [0.25, 0.3) is 0 Å². The van der Waals surface area contributed by atoms with Gasteiger partial charge in [0, 0.05) is 18.4 Å². The van der Waals surface area contributed by atoms with Crippen molar-refractivity contribution in [3.63, 3.8) is 0 Å². The molecule has 1 fully saturated rings. The quantitative estimate of drug-likeness (QED) is 0.767. The number of carbonyl (C=O) groups is 1. The molecule has 0 aromatic carbocycles. The Morgan fingerprint density at radius 1 is 1.44 bits per heavy atom. The van der Waals surface area contributed by atoms with Crippen molar-refractivity contribution in [2.24, 2.45) is 11.8 Å². The first-order valence-corrected chi connectivity index (χ1v) is 6.87. The lowest BCUT2D eigenvalue weighted by Crippen LogP contribution is -2.27. The molecule has 0 atom stereocenters. The molecular formula is C14H23N3O. The molecule has 1 heterocycles. The first-order valence-electron chi connectivity index (χ1n) is 6.87. The summed E-state index contributed by atoms with van der Waals surface area (Å²) in [5.74, 6) is 1.61. The fraction of sp³-hybridized carbons (Fsp3) is 0.643. The minimum absolute atomic E-state index is 0.0594. The van der Waals surface area contributed by atoms with E-state index in [1.807, 2.05) is 0 Å². The van der Waals surface area contributed by atoms with E-state index in [4.69, 9.17) is 5.73 Å². The summed E-state index contributed by atoms with van der Waals surface area (Å²) in [4.78, 5) is 14.6. The third-order valence-corrected chi connectivity index (χ3v) is 3.92. The highest BCUT2D eigenvalue weighted by Crippen LogP contribution is 2.29. The maximum atomic E-state index is 11.8. The highest BCUT2D eigenvalue weighted by atomic mass is 16.1. The third-order valence-electron chi connectivity index (χ3n) is 3.92. The highest BCUT2D eigenvalue weighted by molar-refractivity contribution is 5.93. The molecule has 4 nitrogen and oxygen atoms in total. The number of aromatic nitrogens is 1. The van der Waals surface area contributed by atoms with Gasteiger partial charge in [-0.3, -0.25) is 4.79 Å². The van der Waals surface area contributed by atoms with Gasteiger partial charge in [0.1, 0.15) is 5.69 Å². The van der Waals surface area contributed by atoms with Crippen LogP contribution in [0, 0.1) is 11.8 Å². The molecule has 0 bridgehead atoms. The van der Waals surface area contributed by atoms with Gasteiger partial charge >= 0.3 is 0 Å². The Balaban J connectivity index is 1.67. The summed E-state index contributed by atoms with van der Waals surface area (Å²) in [6.07, 6.45) is 8.03. The maximum absolute atomic E-state index is 11.8. The molecule has 0 unspecified atom stereocenters.